The van der Waals surface area contributed by atoms with Gasteiger partial charge in [-0.1, -0.05) is 13.8 Å². The molecule has 2 fully saturated rings. The minimum absolute atomic E-state index is 0. The van der Waals surface area contributed by atoms with E-state index in [1.807, 2.05) is 4.90 Å². The van der Waals surface area contributed by atoms with Gasteiger partial charge in [0, 0.05) is 32.2 Å². The van der Waals surface area contributed by atoms with Crippen molar-refractivity contribution in [2.45, 2.75) is 19.9 Å². The first-order valence-electron chi connectivity index (χ1n) is 7.81. The van der Waals surface area contributed by atoms with E-state index in [4.69, 9.17) is 4.74 Å². The quantitative estimate of drug-likeness (QED) is 0.724. The monoisotopic (exact) mass is 369 g/mol. The van der Waals surface area contributed by atoms with Crippen molar-refractivity contribution < 1.29 is 17.9 Å². The molecule has 23 heavy (non-hydrogen) atoms. The molecule has 2 rings (SSSR count). The molecule has 2 aliphatic heterocycles. The lowest BCUT2D eigenvalue weighted by Crippen LogP contribution is -2.46. The molecular formula is C14H28ClN3O4S. The van der Waals surface area contributed by atoms with Crippen molar-refractivity contribution in [1.29, 1.82) is 0 Å². The number of carbonyl (C=O) groups is 1. The number of nitrogens with one attached hydrogen (secondary N) is 1. The molecule has 0 radical (unpaired) electrons. The third-order valence-electron chi connectivity index (χ3n) is 4.39. The number of rotatable bonds is 5. The first-order chi connectivity index (χ1) is 10.3. The Hall–Kier alpha value is -0.410. The third kappa shape index (κ3) is 6.19. The van der Waals surface area contributed by atoms with Crippen LogP contribution in [-0.4, -0.2) is 82.4 Å². The molecule has 2 atom stereocenters. The van der Waals surface area contributed by atoms with Gasteiger partial charge in [0.15, 0.2) is 0 Å². The number of carbonyl (C=O) groups excluding carboxylic acids is 1. The van der Waals surface area contributed by atoms with E-state index in [-0.39, 0.29) is 30.3 Å². The van der Waals surface area contributed by atoms with E-state index in [1.165, 1.54) is 6.26 Å². The first kappa shape index (κ1) is 20.6. The van der Waals surface area contributed by atoms with Crippen LogP contribution in [0.15, 0.2) is 0 Å². The molecule has 0 aromatic heterocycles. The van der Waals surface area contributed by atoms with Gasteiger partial charge >= 0.3 is 0 Å². The van der Waals surface area contributed by atoms with Crippen LogP contribution in [0.5, 0.6) is 0 Å². The summed E-state index contributed by atoms with van der Waals surface area (Å²) < 4.78 is 31.0. The summed E-state index contributed by atoms with van der Waals surface area (Å²) in [5.74, 6) is 0.695. The lowest BCUT2D eigenvalue weighted by molar-refractivity contribution is -0.136. The average Bonchev–Trinajstić information content (AvgIpc) is 2.80. The Morgan fingerprint density at radius 2 is 1.87 bits per heavy atom. The maximum atomic E-state index is 12.3. The predicted octanol–water partition coefficient (Wildman–Crippen LogP) is -0.227. The lowest BCUT2D eigenvalue weighted by Gasteiger charge is -2.28. The fraction of sp³-hybridized carbons (Fsp3) is 0.929. The molecule has 0 unspecified atom stereocenters. The van der Waals surface area contributed by atoms with Crippen molar-refractivity contribution in [3.8, 4) is 0 Å². The molecular weight excluding hydrogens is 342 g/mol. The first-order valence-corrected chi connectivity index (χ1v) is 9.70. The van der Waals surface area contributed by atoms with Crippen LogP contribution in [0.2, 0.25) is 0 Å². The minimum atomic E-state index is -3.23. The summed E-state index contributed by atoms with van der Waals surface area (Å²) in [5.41, 5.74) is 0. The van der Waals surface area contributed by atoms with Gasteiger partial charge in [-0.05, 0) is 11.8 Å². The minimum Gasteiger partial charge on any atom is -0.378 e. The van der Waals surface area contributed by atoms with E-state index < -0.39 is 10.0 Å². The maximum absolute atomic E-state index is 12.3. The Balaban J connectivity index is 0.00000264. The van der Waals surface area contributed by atoms with Crippen molar-refractivity contribution in [2.75, 3.05) is 52.2 Å². The lowest BCUT2D eigenvalue weighted by atomic mass is 9.92. The molecule has 2 heterocycles. The summed E-state index contributed by atoms with van der Waals surface area (Å²) in [4.78, 5) is 16.2. The number of sulfonamides is 1. The van der Waals surface area contributed by atoms with Gasteiger partial charge in [-0.15, -0.1) is 12.4 Å². The number of likely N-dealkylation sites (tertiary alicyclic amines) is 1. The van der Waals surface area contributed by atoms with E-state index in [9.17, 15) is 13.2 Å². The fourth-order valence-corrected chi connectivity index (χ4v) is 4.02. The molecule has 0 spiro atoms. The molecule has 2 aliphatic rings. The van der Waals surface area contributed by atoms with E-state index >= 15 is 0 Å². The molecule has 7 nitrogen and oxygen atoms in total. The summed E-state index contributed by atoms with van der Waals surface area (Å²) in [6, 6.07) is -0.118. The van der Waals surface area contributed by atoms with Crippen molar-refractivity contribution >= 4 is 28.3 Å². The van der Waals surface area contributed by atoms with E-state index in [0.29, 0.717) is 45.3 Å². The highest BCUT2D eigenvalue weighted by atomic mass is 35.5. The average molecular weight is 370 g/mol. The molecule has 0 saturated carbocycles. The number of ether oxygens (including phenoxy) is 1. The van der Waals surface area contributed by atoms with Gasteiger partial charge in [0.25, 0.3) is 0 Å². The summed E-state index contributed by atoms with van der Waals surface area (Å²) in [5, 5.41) is 0. The van der Waals surface area contributed by atoms with Gasteiger partial charge in [0.2, 0.25) is 15.9 Å². The largest absolute Gasteiger partial charge is 0.378 e. The molecule has 1 amide bonds. The van der Waals surface area contributed by atoms with E-state index in [1.54, 1.807) is 0 Å². The van der Waals surface area contributed by atoms with Crippen molar-refractivity contribution in [3.63, 3.8) is 0 Å². The van der Waals surface area contributed by atoms with Crippen LogP contribution in [0, 0.1) is 11.8 Å². The van der Waals surface area contributed by atoms with Gasteiger partial charge in [-0.2, -0.15) is 0 Å². The standard InChI is InChI=1S/C14H27N3O4S.ClH/c1-11(2)12-8-16(9-13(12)15-22(3,19)20)10-14(18)17-4-6-21-7-5-17;/h11-13,15H,4-10H2,1-3H3;1H/t12-,13+;/m1./s1. The smallest absolute Gasteiger partial charge is 0.236 e. The summed E-state index contributed by atoms with van der Waals surface area (Å²) in [6.45, 7) is 8.36. The Labute approximate surface area is 145 Å². The predicted molar refractivity (Wildman–Crippen MR) is 91.2 cm³/mol. The van der Waals surface area contributed by atoms with Crippen molar-refractivity contribution in [2.24, 2.45) is 11.8 Å². The normalized spacial score (nSPS) is 26.3. The highest BCUT2D eigenvalue weighted by Gasteiger charge is 2.37. The second-order valence-electron chi connectivity index (χ2n) is 6.59. The Morgan fingerprint density at radius 1 is 1.26 bits per heavy atom. The number of nitrogens with zero attached hydrogens (tertiary/aromatic N) is 2. The molecule has 9 heteroatoms. The van der Waals surface area contributed by atoms with Gasteiger partial charge in [0.1, 0.15) is 0 Å². The Kier molecular flexibility index (Phi) is 7.73. The number of hydrogen-bond acceptors (Lipinski definition) is 5. The van der Waals surface area contributed by atoms with Crippen LogP contribution < -0.4 is 4.72 Å². The second-order valence-corrected chi connectivity index (χ2v) is 8.37. The number of morpholine rings is 1. The van der Waals surface area contributed by atoms with Crippen LogP contribution in [0.1, 0.15) is 13.8 Å². The van der Waals surface area contributed by atoms with Crippen LogP contribution in [-0.2, 0) is 19.6 Å². The molecule has 0 aliphatic carbocycles. The van der Waals surface area contributed by atoms with Gasteiger partial charge in [-0.3, -0.25) is 9.69 Å². The molecule has 0 aromatic rings. The zero-order valence-electron chi connectivity index (χ0n) is 14.0. The topological polar surface area (TPSA) is 79.0 Å². The van der Waals surface area contributed by atoms with Crippen molar-refractivity contribution in [3.05, 3.63) is 0 Å². The number of amides is 1. The van der Waals surface area contributed by atoms with Crippen molar-refractivity contribution in [1.82, 2.24) is 14.5 Å². The molecule has 0 bridgehead atoms. The van der Waals surface area contributed by atoms with Crippen LogP contribution in [0.3, 0.4) is 0 Å². The summed E-state index contributed by atoms with van der Waals surface area (Å²) in [6.07, 6.45) is 1.19. The maximum Gasteiger partial charge on any atom is 0.236 e. The van der Waals surface area contributed by atoms with Gasteiger partial charge < -0.3 is 9.64 Å². The fourth-order valence-electron chi connectivity index (χ4n) is 3.22. The molecule has 0 aromatic carbocycles. The highest BCUT2D eigenvalue weighted by Crippen LogP contribution is 2.24. The summed E-state index contributed by atoms with van der Waals surface area (Å²) >= 11 is 0. The second kappa shape index (κ2) is 8.62. The molecule has 2 saturated heterocycles. The van der Waals surface area contributed by atoms with Gasteiger partial charge in [-0.25, -0.2) is 13.1 Å². The SMILES string of the molecule is CC(C)[C@H]1CN(CC(=O)N2CCOCC2)C[C@@H]1NS(C)(=O)=O.Cl. The Bertz CT molecular complexity index is 494. The molecule has 1 N–H and O–H groups in total. The van der Waals surface area contributed by atoms with Crippen LogP contribution >= 0.6 is 12.4 Å². The summed E-state index contributed by atoms with van der Waals surface area (Å²) in [7, 11) is -3.23. The Morgan fingerprint density at radius 3 is 2.39 bits per heavy atom. The van der Waals surface area contributed by atoms with Crippen LogP contribution in [0.25, 0.3) is 0 Å². The van der Waals surface area contributed by atoms with Crippen LogP contribution in [0.4, 0.5) is 0 Å². The molecule has 136 valence electrons. The highest BCUT2D eigenvalue weighted by molar-refractivity contribution is 7.88. The third-order valence-corrected chi connectivity index (χ3v) is 5.12. The van der Waals surface area contributed by atoms with Gasteiger partial charge in [0.05, 0.1) is 26.0 Å². The zero-order valence-corrected chi connectivity index (χ0v) is 15.7. The van der Waals surface area contributed by atoms with E-state index in [2.05, 4.69) is 23.5 Å². The van der Waals surface area contributed by atoms with E-state index in [0.717, 1.165) is 6.54 Å². The number of hydrogen-bond donors (Lipinski definition) is 1. The number of halogens is 1. The zero-order chi connectivity index (χ0) is 16.3.